The molecular weight excluding hydrogens is 450 g/mol. The summed E-state index contributed by atoms with van der Waals surface area (Å²) in [6.45, 7) is 1.91. The van der Waals surface area contributed by atoms with Crippen molar-refractivity contribution in [3.63, 3.8) is 0 Å². The highest BCUT2D eigenvalue weighted by molar-refractivity contribution is 6.01. The summed E-state index contributed by atoms with van der Waals surface area (Å²) in [6.07, 6.45) is 1.15. The van der Waals surface area contributed by atoms with Crippen LogP contribution in [0.2, 0.25) is 0 Å². The summed E-state index contributed by atoms with van der Waals surface area (Å²) in [6, 6.07) is 14.2. The SMILES string of the molecule is CCCC(CNC(=O)c1ccc(/N=N/c2ccc(N(C)C)cc2)cc1)C(=O)ON1C(=O)CCC1=O. The molecule has 0 aromatic heterocycles. The van der Waals surface area contributed by atoms with Crippen LogP contribution in [-0.2, 0) is 19.2 Å². The first-order valence-electron chi connectivity index (χ1n) is 11.4. The van der Waals surface area contributed by atoms with Gasteiger partial charge in [-0.1, -0.05) is 13.3 Å². The Morgan fingerprint density at radius 1 is 0.971 bits per heavy atom. The fourth-order valence-corrected chi connectivity index (χ4v) is 3.40. The molecule has 0 spiro atoms. The van der Waals surface area contributed by atoms with Gasteiger partial charge >= 0.3 is 5.97 Å². The van der Waals surface area contributed by atoms with Gasteiger partial charge in [-0.25, -0.2) is 4.79 Å². The molecule has 3 amide bonds. The zero-order chi connectivity index (χ0) is 25.4. The molecule has 10 heteroatoms. The Hall–Kier alpha value is -4.08. The van der Waals surface area contributed by atoms with E-state index in [0.717, 1.165) is 5.69 Å². The van der Waals surface area contributed by atoms with Crippen LogP contribution in [0.3, 0.4) is 0 Å². The second kappa shape index (κ2) is 11.9. The molecule has 184 valence electrons. The van der Waals surface area contributed by atoms with Gasteiger partial charge in [0.15, 0.2) is 0 Å². The lowest BCUT2D eigenvalue weighted by Crippen LogP contribution is -2.39. The number of anilines is 1. The molecule has 0 bridgehead atoms. The Balaban J connectivity index is 1.55. The molecule has 0 aliphatic carbocycles. The van der Waals surface area contributed by atoms with Gasteiger partial charge in [-0.05, 0) is 55.0 Å². The number of hydrogen-bond acceptors (Lipinski definition) is 8. The van der Waals surface area contributed by atoms with E-state index in [0.29, 0.717) is 34.8 Å². The lowest BCUT2D eigenvalue weighted by atomic mass is 10.0. The summed E-state index contributed by atoms with van der Waals surface area (Å²) in [5.74, 6) is -2.84. The number of azo groups is 1. The van der Waals surface area contributed by atoms with Gasteiger partial charge in [0.2, 0.25) is 0 Å². The summed E-state index contributed by atoms with van der Waals surface area (Å²) < 4.78 is 0. The van der Waals surface area contributed by atoms with Crippen molar-refractivity contribution in [1.29, 1.82) is 0 Å². The number of carbonyl (C=O) groups is 4. The highest BCUT2D eigenvalue weighted by Crippen LogP contribution is 2.22. The number of imide groups is 1. The van der Waals surface area contributed by atoms with Crippen LogP contribution < -0.4 is 10.2 Å². The first-order chi connectivity index (χ1) is 16.8. The van der Waals surface area contributed by atoms with Crippen LogP contribution in [0.5, 0.6) is 0 Å². The fraction of sp³-hybridized carbons (Fsp3) is 0.360. The Labute approximate surface area is 203 Å². The Kier molecular flexibility index (Phi) is 8.66. The van der Waals surface area contributed by atoms with E-state index < -0.39 is 23.7 Å². The van der Waals surface area contributed by atoms with E-state index in [2.05, 4.69) is 15.5 Å². The predicted octanol–water partition coefficient (Wildman–Crippen LogP) is 3.92. The Morgan fingerprint density at radius 3 is 2.03 bits per heavy atom. The molecule has 1 atom stereocenters. The number of nitrogens with one attached hydrogen (secondary N) is 1. The molecule has 2 aromatic rings. The van der Waals surface area contributed by atoms with Gasteiger partial charge in [0.1, 0.15) is 0 Å². The predicted molar refractivity (Wildman–Crippen MR) is 129 cm³/mol. The number of nitrogens with zero attached hydrogens (tertiary/aromatic N) is 4. The second-order valence-electron chi connectivity index (χ2n) is 8.35. The van der Waals surface area contributed by atoms with Gasteiger partial charge in [-0.2, -0.15) is 10.2 Å². The largest absolute Gasteiger partial charge is 0.378 e. The molecule has 35 heavy (non-hydrogen) atoms. The summed E-state index contributed by atoms with van der Waals surface area (Å²) >= 11 is 0. The van der Waals surface area contributed by atoms with Gasteiger partial charge in [-0.3, -0.25) is 14.4 Å². The highest BCUT2D eigenvalue weighted by atomic mass is 16.7. The number of hydroxylamine groups is 2. The van der Waals surface area contributed by atoms with Crippen LogP contribution in [0, 0.1) is 5.92 Å². The number of benzene rings is 2. The average molecular weight is 480 g/mol. The van der Waals surface area contributed by atoms with Gasteiger partial charge in [-0.15, -0.1) is 5.06 Å². The molecule has 1 saturated heterocycles. The van der Waals surface area contributed by atoms with Crippen molar-refractivity contribution >= 4 is 40.8 Å². The van der Waals surface area contributed by atoms with E-state index in [9.17, 15) is 19.2 Å². The normalized spacial score (nSPS) is 14.3. The maximum absolute atomic E-state index is 12.6. The molecular formula is C25H29N5O5. The van der Waals surface area contributed by atoms with Crippen LogP contribution in [0.15, 0.2) is 58.8 Å². The third-order valence-electron chi connectivity index (χ3n) is 5.44. The molecule has 10 nitrogen and oxygen atoms in total. The van der Waals surface area contributed by atoms with Crippen molar-refractivity contribution in [2.24, 2.45) is 16.1 Å². The minimum Gasteiger partial charge on any atom is -0.378 e. The van der Waals surface area contributed by atoms with Crippen LogP contribution in [0.4, 0.5) is 17.1 Å². The lowest BCUT2D eigenvalue weighted by molar-refractivity contribution is -0.200. The quantitative estimate of drug-likeness (QED) is 0.407. The van der Waals surface area contributed by atoms with Crippen molar-refractivity contribution < 1.29 is 24.0 Å². The lowest BCUT2D eigenvalue weighted by Gasteiger charge is -2.19. The molecule has 2 aromatic carbocycles. The van der Waals surface area contributed by atoms with Crippen LogP contribution >= 0.6 is 0 Å². The maximum Gasteiger partial charge on any atom is 0.338 e. The van der Waals surface area contributed by atoms with Gasteiger partial charge in [0.05, 0.1) is 17.3 Å². The van der Waals surface area contributed by atoms with Crippen molar-refractivity contribution in [2.45, 2.75) is 32.6 Å². The zero-order valence-electron chi connectivity index (χ0n) is 20.1. The van der Waals surface area contributed by atoms with E-state index in [-0.39, 0.29) is 25.3 Å². The topological polar surface area (TPSA) is 121 Å². The Morgan fingerprint density at radius 2 is 1.51 bits per heavy atom. The molecule has 1 aliphatic rings. The van der Waals surface area contributed by atoms with Crippen LogP contribution in [-0.4, -0.2) is 49.4 Å². The molecule has 3 rings (SSSR count). The zero-order valence-corrected chi connectivity index (χ0v) is 20.1. The fourth-order valence-electron chi connectivity index (χ4n) is 3.40. The van der Waals surface area contributed by atoms with Crippen molar-refractivity contribution in [1.82, 2.24) is 10.4 Å². The molecule has 0 saturated carbocycles. The maximum atomic E-state index is 12.6. The minimum absolute atomic E-state index is 0.0200. The first-order valence-corrected chi connectivity index (χ1v) is 11.4. The van der Waals surface area contributed by atoms with E-state index >= 15 is 0 Å². The highest BCUT2D eigenvalue weighted by Gasteiger charge is 2.34. The van der Waals surface area contributed by atoms with Crippen LogP contribution in [0.1, 0.15) is 43.0 Å². The van der Waals surface area contributed by atoms with Crippen molar-refractivity contribution in [3.8, 4) is 0 Å². The second-order valence-corrected chi connectivity index (χ2v) is 8.35. The molecule has 1 aliphatic heterocycles. The Bertz CT molecular complexity index is 1080. The number of rotatable bonds is 10. The average Bonchev–Trinajstić information content (AvgIpc) is 3.17. The molecule has 1 unspecified atom stereocenters. The monoisotopic (exact) mass is 479 g/mol. The summed E-state index contributed by atoms with van der Waals surface area (Å²) in [5, 5.41) is 11.6. The molecule has 1 fully saturated rings. The van der Waals surface area contributed by atoms with E-state index in [1.807, 2.05) is 50.2 Å². The smallest absolute Gasteiger partial charge is 0.338 e. The van der Waals surface area contributed by atoms with E-state index in [1.165, 1.54) is 0 Å². The van der Waals surface area contributed by atoms with Crippen molar-refractivity contribution in [3.05, 3.63) is 54.1 Å². The van der Waals surface area contributed by atoms with Crippen molar-refractivity contribution in [2.75, 3.05) is 25.5 Å². The van der Waals surface area contributed by atoms with Gasteiger partial charge < -0.3 is 15.1 Å². The summed E-state index contributed by atoms with van der Waals surface area (Å²) in [4.78, 5) is 55.4. The van der Waals surface area contributed by atoms with Gasteiger partial charge in [0.25, 0.3) is 17.7 Å². The van der Waals surface area contributed by atoms with Gasteiger partial charge in [0, 0.05) is 44.7 Å². The number of carbonyl (C=O) groups excluding carboxylic acids is 4. The number of hydrogen-bond donors (Lipinski definition) is 1. The first kappa shape index (κ1) is 25.5. The van der Waals surface area contributed by atoms with Crippen LogP contribution in [0.25, 0.3) is 0 Å². The molecule has 1 heterocycles. The van der Waals surface area contributed by atoms with E-state index in [1.54, 1.807) is 24.3 Å². The summed E-state index contributed by atoms with van der Waals surface area (Å²) in [7, 11) is 3.92. The molecule has 0 radical (unpaired) electrons. The third kappa shape index (κ3) is 6.95. The number of amides is 3. The molecule has 1 N–H and O–H groups in total. The summed E-state index contributed by atoms with van der Waals surface area (Å²) in [5.41, 5.74) is 2.76. The standard InChI is InChI=1S/C25H29N5O5/c1-4-5-18(25(34)35-30-22(31)14-15-23(30)32)16-26-24(33)17-6-8-19(9-7-17)27-28-20-10-12-21(13-11-20)29(2)3/h6-13,18H,4-5,14-16H2,1-3H3,(H,26,33)/b28-27+. The third-order valence-corrected chi connectivity index (χ3v) is 5.44. The minimum atomic E-state index is -0.717. The van der Waals surface area contributed by atoms with E-state index in [4.69, 9.17) is 4.84 Å².